The lowest BCUT2D eigenvalue weighted by Crippen LogP contribution is -2.52. The van der Waals surface area contributed by atoms with Crippen molar-refractivity contribution in [2.45, 2.75) is 32.4 Å². The highest BCUT2D eigenvalue weighted by Gasteiger charge is 2.41. The van der Waals surface area contributed by atoms with Crippen LogP contribution in [0.25, 0.3) is 0 Å². The fraction of sp³-hybridized carbons (Fsp3) is 0.286. The summed E-state index contributed by atoms with van der Waals surface area (Å²) in [6.45, 7) is 3.83. The second-order valence-corrected chi connectivity index (χ2v) is 8.30. The number of hydrogen-bond acceptors (Lipinski definition) is 5. The van der Waals surface area contributed by atoms with Gasteiger partial charge in [-0.05, 0) is 49.6 Å². The summed E-state index contributed by atoms with van der Waals surface area (Å²) in [6.07, 6.45) is 2.19. The number of anilines is 1. The third-order valence-electron chi connectivity index (χ3n) is 5.18. The number of carbonyl (C=O) groups excluding carboxylic acids is 2. The van der Waals surface area contributed by atoms with Crippen LogP contribution in [0.4, 0.5) is 5.69 Å². The predicted molar refractivity (Wildman–Crippen MR) is 115 cm³/mol. The Labute approximate surface area is 177 Å². The molecule has 8 heteroatoms. The Morgan fingerprint density at radius 2 is 2.00 bits per heavy atom. The lowest BCUT2D eigenvalue weighted by molar-refractivity contribution is -0.139. The molecule has 29 heavy (non-hydrogen) atoms. The standard InChI is InChI=1S/C21H22BrN5O2/c1-13-3-8-17(14(2)9-13)24-20(28)11-26-21(29)19-10-18(25-27(19)12-23-26)15-4-6-16(22)7-5-15/h3-9,12,18-19,25H,10-11H2,1-2H3,(H,24,28). The molecule has 0 aliphatic carbocycles. The van der Waals surface area contributed by atoms with E-state index in [4.69, 9.17) is 0 Å². The van der Waals surface area contributed by atoms with E-state index in [1.165, 1.54) is 5.01 Å². The largest absolute Gasteiger partial charge is 0.324 e. The first-order chi connectivity index (χ1) is 13.9. The van der Waals surface area contributed by atoms with Gasteiger partial charge in [-0.25, -0.2) is 10.4 Å². The van der Waals surface area contributed by atoms with E-state index in [1.54, 1.807) is 11.3 Å². The topological polar surface area (TPSA) is 77.0 Å². The minimum Gasteiger partial charge on any atom is -0.324 e. The summed E-state index contributed by atoms with van der Waals surface area (Å²) >= 11 is 3.44. The molecule has 1 fully saturated rings. The van der Waals surface area contributed by atoms with Crippen LogP contribution in [-0.4, -0.2) is 40.8 Å². The zero-order valence-corrected chi connectivity index (χ0v) is 17.8. The first-order valence-corrected chi connectivity index (χ1v) is 10.2. The number of nitrogens with zero attached hydrogens (tertiary/aromatic N) is 3. The van der Waals surface area contributed by atoms with Gasteiger partial charge in [0.15, 0.2) is 0 Å². The SMILES string of the molecule is Cc1ccc(NC(=O)CN2N=CN3NC(c4ccc(Br)cc4)CC3C2=O)c(C)c1. The Kier molecular flexibility index (Phi) is 5.38. The molecule has 2 amide bonds. The summed E-state index contributed by atoms with van der Waals surface area (Å²) in [5.41, 5.74) is 7.26. The Morgan fingerprint density at radius 3 is 2.72 bits per heavy atom. The molecule has 0 bridgehead atoms. The molecule has 2 unspecified atom stereocenters. The number of amides is 2. The molecule has 1 saturated heterocycles. The molecule has 2 aromatic carbocycles. The van der Waals surface area contributed by atoms with Crippen molar-refractivity contribution in [2.24, 2.45) is 5.10 Å². The van der Waals surface area contributed by atoms with Crippen molar-refractivity contribution >= 4 is 39.8 Å². The highest BCUT2D eigenvalue weighted by atomic mass is 79.9. The van der Waals surface area contributed by atoms with Crippen molar-refractivity contribution in [1.29, 1.82) is 0 Å². The Balaban J connectivity index is 1.40. The molecular formula is C21H22BrN5O2. The van der Waals surface area contributed by atoms with Gasteiger partial charge in [-0.1, -0.05) is 45.8 Å². The van der Waals surface area contributed by atoms with Gasteiger partial charge in [-0.2, -0.15) is 5.10 Å². The predicted octanol–water partition coefficient (Wildman–Crippen LogP) is 3.11. The molecule has 0 spiro atoms. The summed E-state index contributed by atoms with van der Waals surface area (Å²) < 4.78 is 1.01. The molecule has 0 radical (unpaired) electrons. The van der Waals surface area contributed by atoms with Crippen LogP contribution in [0.5, 0.6) is 0 Å². The minimum atomic E-state index is -0.380. The van der Waals surface area contributed by atoms with Gasteiger partial charge >= 0.3 is 0 Å². The maximum atomic E-state index is 12.9. The number of fused-ring (bicyclic) bond motifs is 1. The van der Waals surface area contributed by atoms with Crippen LogP contribution >= 0.6 is 15.9 Å². The highest BCUT2D eigenvalue weighted by molar-refractivity contribution is 9.10. The van der Waals surface area contributed by atoms with Gasteiger partial charge in [0.2, 0.25) is 5.91 Å². The second kappa shape index (κ2) is 7.96. The van der Waals surface area contributed by atoms with E-state index in [-0.39, 0.29) is 30.4 Å². The van der Waals surface area contributed by atoms with Crippen LogP contribution in [0.15, 0.2) is 52.0 Å². The van der Waals surface area contributed by atoms with E-state index < -0.39 is 0 Å². The molecule has 2 atom stereocenters. The van der Waals surface area contributed by atoms with Crippen molar-refractivity contribution in [3.8, 4) is 0 Å². The van der Waals surface area contributed by atoms with Crippen molar-refractivity contribution < 1.29 is 9.59 Å². The van der Waals surface area contributed by atoms with Gasteiger partial charge in [0, 0.05) is 10.2 Å². The number of rotatable bonds is 4. The number of hydrogen-bond donors (Lipinski definition) is 2. The number of benzene rings is 2. The van der Waals surface area contributed by atoms with E-state index >= 15 is 0 Å². The highest BCUT2D eigenvalue weighted by Crippen LogP contribution is 2.30. The smallest absolute Gasteiger partial charge is 0.267 e. The van der Waals surface area contributed by atoms with Gasteiger partial charge in [-0.3, -0.25) is 14.6 Å². The van der Waals surface area contributed by atoms with E-state index in [9.17, 15) is 9.59 Å². The molecular weight excluding hydrogens is 434 g/mol. The molecule has 0 aromatic heterocycles. The molecule has 150 valence electrons. The average molecular weight is 456 g/mol. The monoisotopic (exact) mass is 455 g/mol. The van der Waals surface area contributed by atoms with Gasteiger partial charge < -0.3 is 5.32 Å². The molecule has 2 aliphatic rings. The van der Waals surface area contributed by atoms with Crippen molar-refractivity contribution in [1.82, 2.24) is 15.4 Å². The number of nitrogens with one attached hydrogen (secondary N) is 2. The zero-order chi connectivity index (χ0) is 20.5. The fourth-order valence-corrected chi connectivity index (χ4v) is 3.91. The molecule has 2 aliphatic heterocycles. The second-order valence-electron chi connectivity index (χ2n) is 7.39. The van der Waals surface area contributed by atoms with E-state index in [2.05, 4.69) is 31.8 Å². The van der Waals surface area contributed by atoms with Crippen LogP contribution in [0.2, 0.25) is 0 Å². The van der Waals surface area contributed by atoms with Crippen molar-refractivity contribution in [2.75, 3.05) is 11.9 Å². The third-order valence-corrected chi connectivity index (χ3v) is 5.70. The Hall–Kier alpha value is -2.71. The maximum Gasteiger partial charge on any atom is 0.267 e. The lowest BCUT2D eigenvalue weighted by Gasteiger charge is -2.29. The molecule has 2 aromatic rings. The molecule has 0 saturated carbocycles. The van der Waals surface area contributed by atoms with Crippen LogP contribution in [-0.2, 0) is 9.59 Å². The lowest BCUT2D eigenvalue weighted by atomic mass is 10.0. The Morgan fingerprint density at radius 1 is 1.24 bits per heavy atom. The number of halogens is 1. The molecule has 4 rings (SSSR count). The van der Waals surface area contributed by atoms with Gasteiger partial charge in [-0.15, -0.1) is 0 Å². The summed E-state index contributed by atoms with van der Waals surface area (Å²) in [6, 6.07) is 13.5. The van der Waals surface area contributed by atoms with Crippen LogP contribution in [0.3, 0.4) is 0 Å². The van der Waals surface area contributed by atoms with Gasteiger partial charge in [0.05, 0.1) is 6.04 Å². The summed E-state index contributed by atoms with van der Waals surface area (Å²) in [4.78, 5) is 25.3. The van der Waals surface area contributed by atoms with E-state index in [1.807, 2.05) is 56.3 Å². The number of hydrazone groups is 1. The van der Waals surface area contributed by atoms with Gasteiger partial charge in [0.25, 0.3) is 5.91 Å². The minimum absolute atomic E-state index is 0.0208. The third kappa shape index (κ3) is 4.18. The average Bonchev–Trinajstić information content (AvgIpc) is 3.12. The Bertz CT molecular complexity index is 976. The number of hydrazine groups is 1. The zero-order valence-electron chi connectivity index (χ0n) is 16.2. The van der Waals surface area contributed by atoms with Crippen LogP contribution in [0.1, 0.15) is 29.2 Å². The number of carbonyl (C=O) groups is 2. The van der Waals surface area contributed by atoms with Crippen LogP contribution in [0, 0.1) is 13.8 Å². The normalized spacial score (nSPS) is 20.7. The first-order valence-electron chi connectivity index (χ1n) is 9.43. The summed E-state index contributed by atoms with van der Waals surface area (Å²) in [5.74, 6) is -0.457. The molecule has 2 heterocycles. The van der Waals surface area contributed by atoms with Gasteiger partial charge in [0.1, 0.15) is 18.9 Å². The van der Waals surface area contributed by atoms with E-state index in [0.717, 1.165) is 26.9 Å². The quantitative estimate of drug-likeness (QED) is 0.742. The molecule has 7 nitrogen and oxygen atoms in total. The van der Waals surface area contributed by atoms with E-state index in [0.29, 0.717) is 6.42 Å². The fourth-order valence-electron chi connectivity index (χ4n) is 3.64. The first kappa shape index (κ1) is 19.6. The summed E-state index contributed by atoms with van der Waals surface area (Å²) in [5, 5.41) is 10.0. The van der Waals surface area contributed by atoms with Crippen molar-refractivity contribution in [3.63, 3.8) is 0 Å². The number of aryl methyl sites for hydroxylation is 2. The van der Waals surface area contributed by atoms with Crippen molar-refractivity contribution in [3.05, 3.63) is 63.6 Å². The van der Waals surface area contributed by atoms with Crippen LogP contribution < -0.4 is 10.7 Å². The molecule has 2 N–H and O–H groups in total. The summed E-state index contributed by atoms with van der Waals surface area (Å²) in [7, 11) is 0. The maximum absolute atomic E-state index is 12.9.